The molecule has 1 aliphatic heterocycles. The van der Waals surface area contributed by atoms with Crippen molar-refractivity contribution in [3.05, 3.63) is 41.8 Å². The maximum Gasteiger partial charge on any atom is 0.194 e. The van der Waals surface area contributed by atoms with E-state index in [9.17, 15) is 0 Å². The molecule has 1 aliphatic rings. The van der Waals surface area contributed by atoms with Crippen molar-refractivity contribution in [2.24, 2.45) is 4.99 Å². The number of nitrogens with zero attached hydrogens (tertiary/aromatic N) is 4. The fraction of sp³-hybridized carbons (Fsp3) is 0.500. The molecular formula is C20H30IN5O3. The van der Waals surface area contributed by atoms with Gasteiger partial charge in [-0.15, -0.1) is 24.0 Å². The van der Waals surface area contributed by atoms with Gasteiger partial charge in [-0.3, -0.25) is 4.90 Å². The van der Waals surface area contributed by atoms with Gasteiger partial charge >= 0.3 is 0 Å². The second kappa shape index (κ2) is 11.9. The van der Waals surface area contributed by atoms with Gasteiger partial charge in [-0.05, 0) is 24.6 Å². The summed E-state index contributed by atoms with van der Waals surface area (Å²) < 4.78 is 15.6. The van der Waals surface area contributed by atoms with Crippen LogP contribution in [-0.2, 0) is 13.1 Å². The van der Waals surface area contributed by atoms with Gasteiger partial charge in [0.25, 0.3) is 0 Å². The number of guanidine groups is 1. The van der Waals surface area contributed by atoms with Crippen LogP contribution in [0.2, 0.25) is 0 Å². The Morgan fingerprint density at radius 3 is 2.52 bits per heavy atom. The zero-order chi connectivity index (χ0) is 19.8. The van der Waals surface area contributed by atoms with E-state index in [0.717, 1.165) is 68.0 Å². The Morgan fingerprint density at radius 1 is 1.14 bits per heavy atom. The molecule has 0 unspecified atom stereocenters. The normalized spacial score (nSPS) is 15.0. The van der Waals surface area contributed by atoms with Crippen molar-refractivity contribution in [2.45, 2.75) is 20.0 Å². The number of ether oxygens (including phenoxy) is 2. The average molecular weight is 515 g/mol. The molecule has 8 nitrogen and oxygen atoms in total. The van der Waals surface area contributed by atoms with Gasteiger partial charge in [0.05, 0.1) is 26.5 Å². The van der Waals surface area contributed by atoms with Crippen LogP contribution in [0.1, 0.15) is 18.2 Å². The molecule has 0 spiro atoms. The van der Waals surface area contributed by atoms with E-state index in [4.69, 9.17) is 19.0 Å². The Kier molecular flexibility index (Phi) is 9.52. The van der Waals surface area contributed by atoms with Gasteiger partial charge in [0.2, 0.25) is 0 Å². The first kappa shape index (κ1) is 23.3. The van der Waals surface area contributed by atoms with Crippen LogP contribution in [0.15, 0.2) is 40.0 Å². The summed E-state index contributed by atoms with van der Waals surface area (Å²) >= 11 is 0. The first-order valence-electron chi connectivity index (χ1n) is 9.59. The molecule has 0 atom stereocenters. The van der Waals surface area contributed by atoms with Crippen molar-refractivity contribution in [1.82, 2.24) is 20.3 Å². The molecule has 9 heteroatoms. The van der Waals surface area contributed by atoms with Crippen LogP contribution in [0.5, 0.6) is 11.5 Å². The highest BCUT2D eigenvalue weighted by atomic mass is 127. The number of benzene rings is 1. The maximum atomic E-state index is 5.39. The van der Waals surface area contributed by atoms with E-state index in [0.29, 0.717) is 6.54 Å². The molecule has 1 aromatic carbocycles. The van der Waals surface area contributed by atoms with E-state index in [-0.39, 0.29) is 24.0 Å². The third-order valence-electron chi connectivity index (χ3n) is 4.74. The average Bonchev–Trinajstić information content (AvgIpc) is 3.24. The van der Waals surface area contributed by atoms with Crippen molar-refractivity contribution in [2.75, 3.05) is 46.9 Å². The minimum absolute atomic E-state index is 0. The lowest BCUT2D eigenvalue weighted by molar-refractivity contribution is 0.169. The summed E-state index contributed by atoms with van der Waals surface area (Å²) in [5.41, 5.74) is 2.06. The molecule has 0 amide bonds. The number of halogens is 1. The lowest BCUT2D eigenvalue weighted by atomic mass is 10.2. The molecule has 3 rings (SSSR count). The van der Waals surface area contributed by atoms with E-state index in [2.05, 4.69) is 27.2 Å². The summed E-state index contributed by atoms with van der Waals surface area (Å²) in [6.07, 6.45) is 1.62. The topological polar surface area (TPSA) is 75.4 Å². The van der Waals surface area contributed by atoms with Crippen LogP contribution in [0.4, 0.5) is 0 Å². The number of methoxy groups -OCH3 is 2. The predicted octanol–water partition coefficient (Wildman–Crippen LogP) is 2.59. The second-order valence-corrected chi connectivity index (χ2v) is 6.61. The number of rotatable bonds is 7. The molecule has 0 saturated carbocycles. The number of hydrogen-bond donors (Lipinski definition) is 1. The Labute approximate surface area is 189 Å². The van der Waals surface area contributed by atoms with E-state index in [1.807, 2.05) is 24.3 Å². The van der Waals surface area contributed by atoms with E-state index in [1.54, 1.807) is 20.5 Å². The van der Waals surface area contributed by atoms with Crippen molar-refractivity contribution in [3.63, 3.8) is 0 Å². The van der Waals surface area contributed by atoms with Crippen LogP contribution in [0.3, 0.4) is 0 Å². The number of piperazine rings is 1. The molecule has 2 aromatic rings. The molecule has 29 heavy (non-hydrogen) atoms. The van der Waals surface area contributed by atoms with Gasteiger partial charge < -0.3 is 24.2 Å². The van der Waals surface area contributed by atoms with Gasteiger partial charge in [0.15, 0.2) is 17.5 Å². The summed E-state index contributed by atoms with van der Waals surface area (Å²) in [6.45, 7) is 8.12. The Bertz CT molecular complexity index is 761. The molecule has 160 valence electrons. The Morgan fingerprint density at radius 2 is 1.90 bits per heavy atom. The maximum absolute atomic E-state index is 5.39. The first-order valence-corrected chi connectivity index (χ1v) is 9.59. The largest absolute Gasteiger partial charge is 0.493 e. The highest BCUT2D eigenvalue weighted by Crippen LogP contribution is 2.27. The zero-order valence-corrected chi connectivity index (χ0v) is 19.6. The highest BCUT2D eigenvalue weighted by Gasteiger charge is 2.20. The smallest absolute Gasteiger partial charge is 0.194 e. The third kappa shape index (κ3) is 6.49. The molecule has 1 aromatic heterocycles. The van der Waals surface area contributed by atoms with Crippen molar-refractivity contribution < 1.29 is 14.0 Å². The molecule has 1 N–H and O–H groups in total. The van der Waals surface area contributed by atoms with Crippen LogP contribution in [0, 0.1) is 0 Å². The molecule has 2 heterocycles. The zero-order valence-electron chi connectivity index (χ0n) is 17.3. The quantitative estimate of drug-likeness (QED) is 0.345. The minimum Gasteiger partial charge on any atom is -0.493 e. The highest BCUT2D eigenvalue weighted by molar-refractivity contribution is 14.0. The van der Waals surface area contributed by atoms with Gasteiger partial charge in [-0.1, -0.05) is 11.2 Å². The molecule has 1 saturated heterocycles. The first-order chi connectivity index (χ1) is 13.7. The number of hydrogen-bond acceptors (Lipinski definition) is 6. The van der Waals surface area contributed by atoms with Crippen molar-refractivity contribution in [3.8, 4) is 11.5 Å². The fourth-order valence-corrected chi connectivity index (χ4v) is 3.24. The predicted molar refractivity (Wildman–Crippen MR) is 123 cm³/mol. The third-order valence-corrected chi connectivity index (χ3v) is 4.74. The lowest BCUT2D eigenvalue weighted by Crippen LogP contribution is -2.52. The molecule has 1 fully saturated rings. The van der Waals surface area contributed by atoms with E-state index >= 15 is 0 Å². The van der Waals surface area contributed by atoms with Gasteiger partial charge in [-0.2, -0.15) is 0 Å². The number of nitrogens with one attached hydrogen (secondary N) is 1. The van der Waals surface area contributed by atoms with Gasteiger partial charge in [0, 0.05) is 45.3 Å². The summed E-state index contributed by atoms with van der Waals surface area (Å²) in [6, 6.07) is 7.83. The Hall–Kier alpha value is -2.01. The minimum atomic E-state index is 0. The van der Waals surface area contributed by atoms with E-state index < -0.39 is 0 Å². The lowest BCUT2D eigenvalue weighted by Gasteiger charge is -2.36. The van der Waals surface area contributed by atoms with Crippen LogP contribution < -0.4 is 14.8 Å². The molecule has 0 bridgehead atoms. The van der Waals surface area contributed by atoms with E-state index in [1.165, 1.54) is 0 Å². The monoisotopic (exact) mass is 515 g/mol. The SMILES string of the molecule is CCNC(=NCc1ccc(OC)c(OC)c1)N1CCN(Cc2ccon2)CC1.I. The van der Waals surface area contributed by atoms with Crippen molar-refractivity contribution in [1.29, 1.82) is 0 Å². The fourth-order valence-electron chi connectivity index (χ4n) is 3.24. The molecule has 0 radical (unpaired) electrons. The molecule has 0 aliphatic carbocycles. The van der Waals surface area contributed by atoms with Gasteiger partial charge in [-0.25, -0.2) is 4.99 Å². The van der Waals surface area contributed by atoms with Crippen molar-refractivity contribution >= 4 is 29.9 Å². The summed E-state index contributed by atoms with van der Waals surface area (Å²) in [4.78, 5) is 9.52. The van der Waals surface area contributed by atoms with Crippen LogP contribution in [-0.4, -0.2) is 67.9 Å². The standard InChI is InChI=1S/C20H29N5O3.HI/c1-4-21-20(22-14-16-5-6-18(26-2)19(13-16)27-3)25-10-8-24(9-11-25)15-17-7-12-28-23-17;/h5-7,12-13H,4,8-11,14-15H2,1-3H3,(H,21,22);1H. The van der Waals surface area contributed by atoms with Crippen LogP contribution >= 0.6 is 24.0 Å². The summed E-state index contributed by atoms with van der Waals surface area (Å²) in [7, 11) is 3.29. The van der Waals surface area contributed by atoms with Gasteiger partial charge in [0.1, 0.15) is 6.26 Å². The Balaban J connectivity index is 0.00000300. The number of aliphatic imine (C=N–C) groups is 1. The number of aromatic nitrogens is 1. The molecular weight excluding hydrogens is 485 g/mol. The summed E-state index contributed by atoms with van der Waals surface area (Å²) in [5, 5.41) is 7.41. The summed E-state index contributed by atoms with van der Waals surface area (Å²) in [5.74, 6) is 2.39. The second-order valence-electron chi connectivity index (χ2n) is 6.61. The van der Waals surface area contributed by atoms with Crippen LogP contribution in [0.25, 0.3) is 0 Å².